The number of rotatable bonds is 8. The van der Waals surface area contributed by atoms with E-state index >= 15 is 0 Å². The molecule has 0 saturated carbocycles. The third-order valence-corrected chi connectivity index (χ3v) is 3.67. The van der Waals surface area contributed by atoms with Gasteiger partial charge in [0, 0.05) is 12.4 Å². The van der Waals surface area contributed by atoms with Gasteiger partial charge < -0.3 is 0 Å². The molecule has 1 aromatic heterocycles. The summed E-state index contributed by atoms with van der Waals surface area (Å²) in [4.78, 5) is 8.23. The van der Waals surface area contributed by atoms with Crippen LogP contribution >= 0.6 is 11.8 Å². The Balaban J connectivity index is 2.17. The fourth-order valence-electron chi connectivity index (χ4n) is 1.69. The Hall–Kier alpha value is -1.12. The Morgan fingerprint density at radius 1 is 1.44 bits per heavy atom. The van der Waals surface area contributed by atoms with Gasteiger partial charge in [0.25, 0.3) is 0 Å². The number of hydrogen-bond acceptors (Lipinski definition) is 5. The summed E-state index contributed by atoms with van der Waals surface area (Å²) in [5, 5.41) is 13.3. The Morgan fingerprint density at radius 2 is 2.28 bits per heavy atom. The lowest BCUT2D eigenvalue weighted by molar-refractivity contribution is 0.415. The summed E-state index contributed by atoms with van der Waals surface area (Å²) in [6.07, 6.45) is 8.19. The van der Waals surface area contributed by atoms with E-state index in [1.54, 1.807) is 30.4 Å². The molecule has 1 rings (SSSR count). The van der Waals surface area contributed by atoms with E-state index in [4.69, 9.17) is 5.26 Å². The molecule has 4 nitrogen and oxygen atoms in total. The van der Waals surface area contributed by atoms with Crippen molar-refractivity contribution in [1.29, 1.82) is 5.26 Å². The summed E-state index contributed by atoms with van der Waals surface area (Å²) in [6.45, 7) is 4.82. The highest BCUT2D eigenvalue weighted by Gasteiger charge is 2.20. The second-order valence-electron chi connectivity index (χ2n) is 4.32. The van der Waals surface area contributed by atoms with E-state index < -0.39 is 0 Å². The van der Waals surface area contributed by atoms with Gasteiger partial charge in [0.2, 0.25) is 0 Å². The lowest BCUT2D eigenvalue weighted by Crippen LogP contribution is -2.40. The summed E-state index contributed by atoms with van der Waals surface area (Å²) in [7, 11) is 0. The highest BCUT2D eigenvalue weighted by Crippen LogP contribution is 2.18. The molecule has 0 bridgehead atoms. The normalized spacial score (nSPS) is 13.8. The minimum Gasteiger partial charge on any atom is -0.300 e. The fourth-order valence-corrected chi connectivity index (χ4v) is 2.52. The number of nitrogens with zero attached hydrogens (tertiary/aromatic N) is 3. The Bertz CT molecular complexity index is 376. The van der Waals surface area contributed by atoms with E-state index in [1.165, 1.54) is 0 Å². The highest BCUT2D eigenvalue weighted by atomic mass is 32.2. The van der Waals surface area contributed by atoms with Crippen molar-refractivity contribution in [1.82, 2.24) is 15.3 Å². The molecule has 0 saturated heterocycles. The van der Waals surface area contributed by atoms with Crippen LogP contribution < -0.4 is 5.32 Å². The molecule has 0 spiro atoms. The van der Waals surface area contributed by atoms with Gasteiger partial charge in [-0.05, 0) is 38.5 Å². The Kier molecular flexibility index (Phi) is 6.69. The lowest BCUT2D eigenvalue weighted by Gasteiger charge is -2.22. The summed E-state index contributed by atoms with van der Waals surface area (Å²) in [5.41, 5.74) is -0.383. The first-order chi connectivity index (χ1) is 8.70. The number of hydrogen-bond donors (Lipinski definition) is 1. The molecule has 1 aromatic rings. The first-order valence-corrected chi connectivity index (χ1v) is 7.24. The van der Waals surface area contributed by atoms with E-state index in [1.807, 2.05) is 13.8 Å². The molecule has 0 fully saturated rings. The largest absolute Gasteiger partial charge is 0.300 e. The van der Waals surface area contributed by atoms with Crippen molar-refractivity contribution in [3.8, 4) is 6.07 Å². The summed E-state index contributed by atoms with van der Waals surface area (Å²) in [6, 6.07) is 2.35. The van der Waals surface area contributed by atoms with E-state index in [0.29, 0.717) is 0 Å². The fraction of sp³-hybridized carbons (Fsp3) is 0.615. The van der Waals surface area contributed by atoms with Gasteiger partial charge in [0.05, 0.1) is 12.3 Å². The molecule has 1 heterocycles. The third kappa shape index (κ3) is 5.48. The van der Waals surface area contributed by atoms with Crippen LogP contribution in [0.1, 0.15) is 33.1 Å². The molecule has 98 valence electrons. The van der Waals surface area contributed by atoms with Crippen LogP contribution in [-0.4, -0.2) is 27.8 Å². The summed E-state index contributed by atoms with van der Waals surface area (Å²) < 4.78 is 0. The average Bonchev–Trinajstić information content (AvgIpc) is 2.40. The monoisotopic (exact) mass is 264 g/mol. The second kappa shape index (κ2) is 8.06. The quantitative estimate of drug-likeness (QED) is 0.577. The van der Waals surface area contributed by atoms with Crippen molar-refractivity contribution >= 4 is 11.8 Å². The summed E-state index contributed by atoms with van der Waals surface area (Å²) >= 11 is 1.72. The predicted octanol–water partition coefficient (Wildman–Crippen LogP) is 2.63. The maximum absolute atomic E-state index is 9.11. The van der Waals surface area contributed by atoms with Gasteiger partial charge in [-0.25, -0.2) is 4.98 Å². The van der Waals surface area contributed by atoms with Gasteiger partial charge >= 0.3 is 0 Å². The molecular formula is C13H20N4S. The molecule has 0 aromatic carbocycles. The molecule has 0 radical (unpaired) electrons. The van der Waals surface area contributed by atoms with Gasteiger partial charge in [-0.3, -0.25) is 10.3 Å². The zero-order valence-corrected chi connectivity index (χ0v) is 11.8. The molecule has 1 unspecified atom stereocenters. The molecular weight excluding hydrogens is 244 g/mol. The average molecular weight is 264 g/mol. The van der Waals surface area contributed by atoms with Gasteiger partial charge in [-0.1, -0.05) is 6.92 Å². The van der Waals surface area contributed by atoms with Gasteiger partial charge in [0.15, 0.2) is 0 Å². The van der Waals surface area contributed by atoms with Crippen molar-refractivity contribution in [2.24, 2.45) is 0 Å². The van der Waals surface area contributed by atoms with Crippen LogP contribution in [0.25, 0.3) is 0 Å². The Morgan fingerprint density at radius 3 is 2.89 bits per heavy atom. The number of nitriles is 1. The topological polar surface area (TPSA) is 61.6 Å². The van der Waals surface area contributed by atoms with Crippen LogP contribution in [0.4, 0.5) is 0 Å². The van der Waals surface area contributed by atoms with Crippen molar-refractivity contribution in [2.45, 2.75) is 43.7 Å². The zero-order valence-electron chi connectivity index (χ0n) is 11.0. The van der Waals surface area contributed by atoms with Crippen molar-refractivity contribution < 1.29 is 0 Å². The van der Waals surface area contributed by atoms with E-state index in [9.17, 15) is 0 Å². The molecule has 0 amide bonds. The Labute approximate surface area is 113 Å². The molecule has 0 aliphatic carbocycles. The van der Waals surface area contributed by atoms with Crippen molar-refractivity contribution in [3.63, 3.8) is 0 Å². The number of thioether (sulfide) groups is 1. The van der Waals surface area contributed by atoms with E-state index in [-0.39, 0.29) is 5.54 Å². The van der Waals surface area contributed by atoms with Crippen LogP contribution in [0.2, 0.25) is 0 Å². The van der Waals surface area contributed by atoms with Crippen LogP contribution in [-0.2, 0) is 0 Å². The van der Waals surface area contributed by atoms with Crippen LogP contribution in [0.5, 0.6) is 0 Å². The maximum atomic E-state index is 9.11. The van der Waals surface area contributed by atoms with Gasteiger partial charge in [0.1, 0.15) is 10.6 Å². The van der Waals surface area contributed by atoms with Gasteiger partial charge in [-0.2, -0.15) is 5.26 Å². The van der Waals surface area contributed by atoms with Crippen LogP contribution in [0.15, 0.2) is 23.6 Å². The SMILES string of the molecule is CCNC(C)(C#N)CCCCSc1cnccn1. The molecule has 5 heteroatoms. The minimum absolute atomic E-state index is 0.383. The molecule has 1 N–H and O–H groups in total. The summed E-state index contributed by atoms with van der Waals surface area (Å²) in [5.74, 6) is 1.02. The predicted molar refractivity (Wildman–Crippen MR) is 74.3 cm³/mol. The van der Waals surface area contributed by atoms with Gasteiger partial charge in [-0.15, -0.1) is 11.8 Å². The smallest absolute Gasteiger partial charge is 0.114 e. The van der Waals surface area contributed by atoms with E-state index in [0.717, 1.165) is 36.6 Å². The zero-order chi connectivity index (χ0) is 13.3. The molecule has 18 heavy (non-hydrogen) atoms. The second-order valence-corrected chi connectivity index (χ2v) is 5.44. The van der Waals surface area contributed by atoms with Crippen molar-refractivity contribution in [2.75, 3.05) is 12.3 Å². The highest BCUT2D eigenvalue weighted by molar-refractivity contribution is 7.99. The number of nitrogens with one attached hydrogen (secondary N) is 1. The third-order valence-electron chi connectivity index (χ3n) is 2.67. The minimum atomic E-state index is -0.383. The number of aromatic nitrogens is 2. The molecule has 0 aliphatic rings. The van der Waals surface area contributed by atoms with Crippen LogP contribution in [0.3, 0.4) is 0 Å². The molecule has 0 aliphatic heterocycles. The van der Waals surface area contributed by atoms with E-state index in [2.05, 4.69) is 21.4 Å². The van der Waals surface area contributed by atoms with Crippen LogP contribution in [0, 0.1) is 11.3 Å². The maximum Gasteiger partial charge on any atom is 0.114 e. The lowest BCUT2D eigenvalue weighted by atomic mass is 9.97. The first-order valence-electron chi connectivity index (χ1n) is 6.25. The number of unbranched alkanes of at least 4 members (excludes halogenated alkanes) is 1. The first kappa shape index (κ1) is 14.9. The standard InChI is InChI=1S/C13H20N4S/c1-3-17-13(2,11-14)6-4-5-9-18-12-10-15-7-8-16-12/h7-8,10,17H,3-6,9H2,1-2H3. The molecule has 1 atom stereocenters. The van der Waals surface area contributed by atoms with Crippen molar-refractivity contribution in [3.05, 3.63) is 18.6 Å².